The van der Waals surface area contributed by atoms with Crippen molar-refractivity contribution >= 4 is 11.4 Å². The molecule has 1 saturated carbocycles. The van der Waals surface area contributed by atoms with Gasteiger partial charge in [-0.25, -0.2) is 0 Å². The molecule has 17 atom stereocenters. The summed E-state index contributed by atoms with van der Waals surface area (Å²) in [7, 11) is 0. The monoisotopic (exact) mass is 716 g/mol. The highest BCUT2D eigenvalue weighted by Gasteiger charge is 2.56. The third kappa shape index (κ3) is 6.80. The first-order valence-corrected chi connectivity index (χ1v) is 16.4. The van der Waals surface area contributed by atoms with Crippen LogP contribution < -0.4 is 4.74 Å². The highest BCUT2D eigenvalue weighted by atomic mass is 16.7. The van der Waals surface area contributed by atoms with Gasteiger partial charge in [0.05, 0.1) is 62.3 Å². The average molecular weight is 717 g/mol. The molecule has 18 heteroatoms. The smallest absolute Gasteiger partial charge is 0.229 e. The zero-order valence-electron chi connectivity index (χ0n) is 26.6. The molecule has 4 fully saturated rings. The number of hydrogen-bond acceptors (Lipinski definition) is 18. The van der Waals surface area contributed by atoms with E-state index in [2.05, 4.69) is 0 Å². The van der Waals surface area contributed by atoms with Crippen LogP contribution in [0.1, 0.15) is 18.4 Å². The van der Waals surface area contributed by atoms with Crippen molar-refractivity contribution in [3.63, 3.8) is 0 Å². The summed E-state index contributed by atoms with van der Waals surface area (Å²) in [6.45, 7) is -2.33. The van der Waals surface area contributed by atoms with E-state index in [1.807, 2.05) is 0 Å². The first-order valence-electron chi connectivity index (χ1n) is 16.4. The molecule has 0 amide bonds. The van der Waals surface area contributed by atoms with Crippen LogP contribution in [0.4, 0.5) is 0 Å². The summed E-state index contributed by atoms with van der Waals surface area (Å²) < 4.78 is 33.7. The van der Waals surface area contributed by atoms with Gasteiger partial charge in [0, 0.05) is 0 Å². The van der Waals surface area contributed by atoms with Crippen LogP contribution >= 0.6 is 0 Å². The second-order valence-electron chi connectivity index (χ2n) is 13.5. The maximum absolute atomic E-state index is 13.8. The summed E-state index contributed by atoms with van der Waals surface area (Å²) >= 11 is 0. The minimum absolute atomic E-state index is 0.119. The fourth-order valence-electron chi connectivity index (χ4n) is 7.25. The first-order chi connectivity index (χ1) is 23.8. The van der Waals surface area contributed by atoms with Crippen LogP contribution in [-0.4, -0.2) is 180 Å². The van der Waals surface area contributed by atoms with Crippen molar-refractivity contribution in [1.29, 1.82) is 0 Å². The Kier molecular flexibility index (Phi) is 11.2. The van der Waals surface area contributed by atoms with Crippen LogP contribution in [0.15, 0.2) is 30.5 Å². The lowest BCUT2D eigenvalue weighted by atomic mass is 9.68. The number of fused-ring (bicyclic) bond motifs is 1. The number of carbonyl (C=O) groups is 1. The van der Waals surface area contributed by atoms with E-state index in [1.165, 1.54) is 18.4 Å². The Labute approximate surface area is 285 Å². The van der Waals surface area contributed by atoms with E-state index in [0.717, 1.165) is 0 Å². The Morgan fingerprint density at radius 2 is 1.46 bits per heavy atom. The molecular formula is C32H44O18. The van der Waals surface area contributed by atoms with Crippen molar-refractivity contribution < 1.29 is 89.4 Å². The molecule has 17 unspecified atom stereocenters. The summed E-state index contributed by atoms with van der Waals surface area (Å²) in [6.07, 6.45) is -18.7. The number of aliphatic hydroxyl groups is 11. The Bertz CT molecular complexity index is 1360. The van der Waals surface area contributed by atoms with Gasteiger partial charge in [-0.2, -0.15) is 0 Å². The van der Waals surface area contributed by atoms with Gasteiger partial charge in [-0.3, -0.25) is 4.79 Å². The minimum Gasteiger partial charge on any atom is -0.496 e. The molecule has 0 radical (unpaired) electrons. The van der Waals surface area contributed by atoms with Gasteiger partial charge in [-0.1, -0.05) is 12.1 Å². The van der Waals surface area contributed by atoms with E-state index < -0.39 is 130 Å². The number of hydrogen-bond donors (Lipinski definition) is 11. The van der Waals surface area contributed by atoms with Crippen molar-refractivity contribution in [3.05, 3.63) is 36.1 Å². The number of ether oxygens (including phenoxy) is 6. The largest absolute Gasteiger partial charge is 0.496 e. The molecule has 0 aromatic heterocycles. The molecule has 3 saturated heterocycles. The van der Waals surface area contributed by atoms with E-state index in [0.29, 0.717) is 5.56 Å². The van der Waals surface area contributed by atoms with E-state index in [9.17, 15) is 61.0 Å². The van der Waals surface area contributed by atoms with Crippen LogP contribution in [-0.2, 0) is 28.5 Å². The van der Waals surface area contributed by atoms with Gasteiger partial charge in [0.2, 0.25) is 6.29 Å². The predicted molar refractivity (Wildman–Crippen MR) is 161 cm³/mol. The first kappa shape index (κ1) is 37.4. The normalized spacial score (nSPS) is 46.5. The highest BCUT2D eigenvalue weighted by molar-refractivity contribution is 6.22. The van der Waals surface area contributed by atoms with Crippen molar-refractivity contribution in [2.75, 3.05) is 26.4 Å². The van der Waals surface area contributed by atoms with E-state index in [-0.39, 0.29) is 29.9 Å². The van der Waals surface area contributed by atoms with Gasteiger partial charge < -0.3 is 84.6 Å². The summed E-state index contributed by atoms with van der Waals surface area (Å²) in [6, 6.07) is 6.05. The number of benzene rings is 1. The van der Waals surface area contributed by atoms with Gasteiger partial charge in [0.1, 0.15) is 72.4 Å². The Hall–Kier alpha value is -2.37. The maximum atomic E-state index is 13.8. The number of rotatable bonds is 9. The molecule has 6 rings (SSSR count). The lowest BCUT2D eigenvalue weighted by molar-refractivity contribution is -0.277. The number of carbonyl (C=O) groups excluding carboxylic acids is 1. The number of allylic oxidation sites excluding steroid dienone is 1. The molecule has 0 bridgehead atoms. The fraction of sp³-hybridized carbons (Fsp3) is 0.719. The topological polar surface area (TPSA) is 295 Å². The molecule has 4 aliphatic heterocycles. The summed E-state index contributed by atoms with van der Waals surface area (Å²) in [5.74, 6) is -1.98. The SMILES string of the molecule is O=C1C(c2ccc(OC3OC(CO)C(O)C(O)C3O)cc2)=COC2C1CCC(O)C2C1OC(COC2OCC(O)(CO)C2O)C(O)C(O)C1O. The van der Waals surface area contributed by atoms with Gasteiger partial charge >= 0.3 is 0 Å². The molecule has 11 N–H and O–H groups in total. The lowest BCUT2D eigenvalue weighted by Gasteiger charge is -2.50. The predicted octanol–water partition coefficient (Wildman–Crippen LogP) is -5.13. The van der Waals surface area contributed by atoms with Crippen LogP contribution in [0.25, 0.3) is 5.57 Å². The van der Waals surface area contributed by atoms with Crippen LogP contribution in [0.3, 0.4) is 0 Å². The summed E-state index contributed by atoms with van der Waals surface area (Å²) in [5.41, 5.74) is -1.32. The van der Waals surface area contributed by atoms with Gasteiger partial charge in [0.15, 0.2) is 12.1 Å². The van der Waals surface area contributed by atoms with Crippen LogP contribution in [0.2, 0.25) is 0 Å². The number of ketones is 1. The van der Waals surface area contributed by atoms with Gasteiger partial charge in [-0.05, 0) is 30.5 Å². The van der Waals surface area contributed by atoms with Gasteiger partial charge in [0.25, 0.3) is 0 Å². The average Bonchev–Trinajstić information content (AvgIpc) is 3.40. The molecule has 4 heterocycles. The molecule has 18 nitrogen and oxygen atoms in total. The maximum Gasteiger partial charge on any atom is 0.229 e. The third-order valence-corrected chi connectivity index (χ3v) is 10.3. The second kappa shape index (κ2) is 14.9. The molecule has 1 aromatic rings. The fourth-order valence-corrected chi connectivity index (χ4v) is 7.25. The molecule has 280 valence electrons. The van der Waals surface area contributed by atoms with Crippen molar-refractivity contribution in [2.45, 2.75) is 104 Å². The molecule has 1 aromatic carbocycles. The highest BCUT2D eigenvalue weighted by Crippen LogP contribution is 2.44. The molecular weight excluding hydrogens is 672 g/mol. The number of Topliss-reactive ketones (excluding diaryl/α,β-unsaturated/α-hetero) is 1. The van der Waals surface area contributed by atoms with E-state index in [4.69, 9.17) is 28.4 Å². The third-order valence-electron chi connectivity index (χ3n) is 10.3. The van der Waals surface area contributed by atoms with Crippen molar-refractivity contribution in [3.8, 4) is 5.75 Å². The van der Waals surface area contributed by atoms with Crippen LogP contribution in [0, 0.1) is 11.8 Å². The Balaban J connectivity index is 1.14. The Morgan fingerprint density at radius 1 is 0.780 bits per heavy atom. The molecule has 0 spiro atoms. The standard InChI is InChI=1S/C32H44O18/c33-7-17-21(37)24(40)26(42)30(50-17)48-13-3-1-12(2-4-13)15-8-45-27-14(20(15)36)5-6-16(35)19(27)28-25(41)23(39)22(38)18(49-28)9-46-31-29(43)32(44,10-34)11-47-31/h1-4,8,14,16-19,21-31,33-35,37-44H,5-7,9-11H2. The van der Waals surface area contributed by atoms with Crippen molar-refractivity contribution in [2.24, 2.45) is 11.8 Å². The quantitative estimate of drug-likeness (QED) is 0.114. The van der Waals surface area contributed by atoms with Gasteiger partial charge in [-0.15, -0.1) is 0 Å². The molecule has 1 aliphatic carbocycles. The zero-order chi connectivity index (χ0) is 36.1. The van der Waals surface area contributed by atoms with E-state index >= 15 is 0 Å². The molecule has 50 heavy (non-hydrogen) atoms. The van der Waals surface area contributed by atoms with Crippen LogP contribution in [0.5, 0.6) is 5.75 Å². The number of aliphatic hydroxyl groups excluding tert-OH is 10. The Morgan fingerprint density at radius 3 is 2.12 bits per heavy atom. The summed E-state index contributed by atoms with van der Waals surface area (Å²) in [4.78, 5) is 13.8. The molecule has 5 aliphatic rings. The van der Waals surface area contributed by atoms with E-state index in [1.54, 1.807) is 12.1 Å². The summed E-state index contributed by atoms with van der Waals surface area (Å²) in [5, 5.41) is 113. The zero-order valence-corrected chi connectivity index (χ0v) is 26.6. The lowest BCUT2D eigenvalue weighted by Crippen LogP contribution is -2.65. The van der Waals surface area contributed by atoms with Crippen molar-refractivity contribution in [1.82, 2.24) is 0 Å². The second-order valence-corrected chi connectivity index (χ2v) is 13.5. The minimum atomic E-state index is -1.96.